The van der Waals surface area contributed by atoms with E-state index in [4.69, 9.17) is 50.4 Å². The topological polar surface area (TPSA) is 488 Å². The molecule has 11 rings (SSSR count). The number of β-lactam (4-membered cyclic amide) rings is 1. The molecule has 7 atom stereocenters. The van der Waals surface area contributed by atoms with Crippen molar-refractivity contribution in [3.05, 3.63) is 117 Å². The fourth-order valence-corrected chi connectivity index (χ4v) is 17.1. The Morgan fingerprint density at radius 2 is 1.22 bits per heavy atom. The molecular weight excluding hydrogens is 1340 g/mol. The molecule has 1 amide bonds. The monoisotopic (exact) mass is 1400 g/mol. The van der Waals surface area contributed by atoms with Crippen LogP contribution < -0.4 is 0 Å². The first-order valence-corrected chi connectivity index (χ1v) is 33.8. The highest BCUT2D eigenvalue weighted by Gasteiger charge is 2.52. The van der Waals surface area contributed by atoms with E-state index in [-0.39, 0.29) is 76.1 Å². The van der Waals surface area contributed by atoms with Crippen LogP contribution in [0.5, 0.6) is 0 Å². The molecule has 0 spiro atoms. The Balaban J connectivity index is 0.000000197. The average Bonchev–Trinajstić information content (AvgIpc) is 1.75. The number of benzene rings is 3. The minimum atomic E-state index is -5.06. The number of thioether (sulfide) groups is 1. The van der Waals surface area contributed by atoms with Crippen LogP contribution in [-0.2, 0) is 55.3 Å². The number of fused-ring (bicyclic) bond motifs is 4. The van der Waals surface area contributed by atoms with Gasteiger partial charge in [0.25, 0.3) is 20.8 Å². The number of alkyl halides is 5. The normalized spacial score (nSPS) is 24.6. The molecule has 8 aliphatic rings. The number of aromatic carboxylic acids is 3. The van der Waals surface area contributed by atoms with E-state index >= 15 is 0 Å². The van der Waals surface area contributed by atoms with Crippen molar-refractivity contribution >= 4 is 105 Å². The zero-order valence-corrected chi connectivity index (χ0v) is 51.6. The molecule has 3 aromatic carbocycles. The van der Waals surface area contributed by atoms with Crippen LogP contribution in [0.2, 0.25) is 0 Å². The standard InChI is InChI=1S/C10H6F2O3.C10H6O4.C9H5F3O3.C7H12NO4P.C7H7NO3S.C7H13O5P.C5H10NO4P/c11-10(12)4-5-2-1-3-6(9(14)15)7(5)8(10)13;11-7-4-5-2-1-3-6(10(13)14)8(5)9(7)12;10-9(11,12)7(13)5-3-1-2-4-6(5)8(14)15;9-7(10)6-2-1-5-3-4-13(11,12)8(5)6;9-5-3-6-8(5)4(7(10)11)1-2-12-6;8-7(9)5-3-1-2-4-6(5)13(10,11)12;7-5(8)4-6-2-1-3-11(6,9)10/h1-3H,4H2,(H,14,15);1-3H,4H2,(H,13,14);1-4H,(H,14,15);5-6H,1-4H2,(H,9,10)(H,11,12);1,6H,2-3H2,(H,10,11);5-6H,1-4H2,(H,8,9)(H2,10,11,12);1-4H2,(H,7,8)(H,9,10)/t;;;5-,6-;6-;5-,6-;/m...110./s1. The summed E-state index contributed by atoms with van der Waals surface area (Å²) in [6.07, 6.45) is 1.46. The summed E-state index contributed by atoms with van der Waals surface area (Å²) in [6, 6.07) is 11.8. The SMILES string of the molecule is O=C(O)C1=CCS[C@@H]2CC(=O)N12.O=C(O)CN1CCCP1(=O)O.O=C(O)[C@H]1CCCC[C@@H]1P(=O)(O)O.O=C(O)[C@H]1CC[C@@H]2CCP(=O)(O)N21.O=C(O)c1cccc2c1C(=O)C(F)(F)C2.O=C(O)c1ccccc1C(=O)C(F)(F)F.O=C1Cc2cccc(C(=O)O)c2C1=O. The van der Waals surface area contributed by atoms with Crippen LogP contribution in [-0.4, -0.2) is 207 Å². The second-order valence-electron chi connectivity index (χ2n) is 21.3. The third kappa shape index (κ3) is 19.0. The van der Waals surface area contributed by atoms with Crippen molar-refractivity contribution in [3.63, 3.8) is 0 Å². The van der Waals surface area contributed by atoms with Gasteiger partial charge in [-0.3, -0.25) is 57.0 Å². The second-order valence-corrected chi connectivity index (χ2v) is 28.9. The second kappa shape index (κ2) is 31.0. The van der Waals surface area contributed by atoms with Crippen molar-refractivity contribution in [2.75, 3.05) is 31.2 Å². The van der Waals surface area contributed by atoms with Gasteiger partial charge in [-0.2, -0.15) is 22.0 Å². The average molecular weight is 1400 g/mol. The summed E-state index contributed by atoms with van der Waals surface area (Å²) >= 11 is 1.60. The predicted octanol–water partition coefficient (Wildman–Crippen LogP) is 6.10. The number of nitrogens with zero attached hydrogens (tertiary/aromatic N) is 3. The fraction of sp³-hybridized carbons (Fsp3) is 0.418. The maximum absolute atomic E-state index is 13.0. The highest BCUT2D eigenvalue weighted by Crippen LogP contribution is 2.59. The quantitative estimate of drug-likeness (QED) is 0.0359. The molecule has 93 heavy (non-hydrogen) atoms. The molecule has 3 aliphatic carbocycles. The lowest BCUT2D eigenvalue weighted by Crippen LogP contribution is -2.52. The molecule has 4 saturated heterocycles. The molecule has 11 N–H and O–H groups in total. The smallest absolute Gasteiger partial charge is 0.454 e. The van der Waals surface area contributed by atoms with Crippen LogP contribution in [0.25, 0.3) is 0 Å². The number of amides is 1. The van der Waals surface area contributed by atoms with Gasteiger partial charge in [0.05, 0.1) is 40.1 Å². The molecule has 5 fully saturated rings. The van der Waals surface area contributed by atoms with Gasteiger partial charge in [0.15, 0.2) is 0 Å². The van der Waals surface area contributed by atoms with Crippen molar-refractivity contribution in [1.29, 1.82) is 0 Å². The summed E-state index contributed by atoms with van der Waals surface area (Å²) < 4.78 is 98.2. The number of halogens is 5. The lowest BCUT2D eigenvalue weighted by atomic mass is 9.89. The maximum Gasteiger partial charge on any atom is 0.454 e. The van der Waals surface area contributed by atoms with Crippen molar-refractivity contribution in [1.82, 2.24) is 14.2 Å². The number of aliphatic carboxylic acids is 4. The van der Waals surface area contributed by atoms with Gasteiger partial charge in [-0.15, -0.1) is 11.8 Å². The van der Waals surface area contributed by atoms with Crippen molar-refractivity contribution in [3.8, 4) is 0 Å². The summed E-state index contributed by atoms with van der Waals surface area (Å²) in [4.78, 5) is 167. The Morgan fingerprint density at radius 1 is 0.656 bits per heavy atom. The van der Waals surface area contributed by atoms with Gasteiger partial charge in [-0.25, -0.2) is 28.5 Å². The van der Waals surface area contributed by atoms with Gasteiger partial charge in [-0.1, -0.05) is 55.3 Å². The van der Waals surface area contributed by atoms with Crippen molar-refractivity contribution in [2.24, 2.45) is 5.92 Å². The molecule has 2 unspecified atom stereocenters. The van der Waals surface area contributed by atoms with Gasteiger partial charge in [0.1, 0.15) is 18.3 Å². The van der Waals surface area contributed by atoms with Crippen LogP contribution in [0.15, 0.2) is 72.4 Å². The number of hydrogen-bond donors (Lipinski definition) is 11. The largest absolute Gasteiger partial charge is 0.481 e. The summed E-state index contributed by atoms with van der Waals surface area (Å²) in [5.41, 5.74) is -2.44. The number of carboxylic acid groups (broad SMARTS) is 7. The number of Topliss-reactive ketones (excluding diaryl/α,β-unsaturated/α-hetero) is 4. The Labute approximate surface area is 526 Å². The van der Waals surface area contributed by atoms with Gasteiger partial charge in [0, 0.05) is 60.2 Å². The minimum Gasteiger partial charge on any atom is -0.481 e. The molecule has 5 heterocycles. The first-order valence-electron chi connectivity index (χ1n) is 27.5. The van der Waals surface area contributed by atoms with E-state index in [1.165, 1.54) is 46.0 Å². The highest BCUT2D eigenvalue weighted by atomic mass is 32.2. The first-order chi connectivity index (χ1) is 43.0. The Kier molecular flexibility index (Phi) is 25.4. The van der Waals surface area contributed by atoms with Crippen molar-refractivity contribution < 1.29 is 149 Å². The van der Waals surface area contributed by atoms with Gasteiger partial charge in [-0.05, 0) is 73.9 Å². The lowest BCUT2D eigenvalue weighted by molar-refractivity contribution is -0.146. The van der Waals surface area contributed by atoms with E-state index < -0.39 is 135 Å². The molecule has 38 heteroatoms. The first kappa shape index (κ1) is 76.0. The van der Waals surface area contributed by atoms with Crippen LogP contribution in [0, 0.1) is 5.92 Å². The van der Waals surface area contributed by atoms with Gasteiger partial charge in [0.2, 0.25) is 23.3 Å². The molecule has 5 aliphatic heterocycles. The number of rotatable bonds is 10. The van der Waals surface area contributed by atoms with Crippen LogP contribution in [0.1, 0.15) is 131 Å². The molecule has 29 nitrogen and oxygen atoms in total. The highest BCUT2D eigenvalue weighted by molar-refractivity contribution is 8.00. The van der Waals surface area contributed by atoms with Gasteiger partial charge < -0.3 is 55.3 Å². The predicted molar refractivity (Wildman–Crippen MR) is 310 cm³/mol. The van der Waals surface area contributed by atoms with E-state index in [0.717, 1.165) is 35.7 Å². The Hall–Kier alpha value is -7.71. The van der Waals surface area contributed by atoms with Crippen LogP contribution in [0.3, 0.4) is 0 Å². The molecule has 0 radical (unpaired) electrons. The molecule has 0 bridgehead atoms. The zero-order chi connectivity index (χ0) is 70.0. The van der Waals surface area contributed by atoms with E-state index in [9.17, 15) is 98.1 Å². The molecule has 3 aromatic rings. The maximum atomic E-state index is 13.0. The van der Waals surface area contributed by atoms with E-state index in [1.54, 1.807) is 23.9 Å². The minimum absolute atomic E-state index is 0.0231. The van der Waals surface area contributed by atoms with Crippen molar-refractivity contribution in [2.45, 2.75) is 106 Å². The summed E-state index contributed by atoms with van der Waals surface area (Å²) in [6.45, 7) is 0.0911. The summed E-state index contributed by atoms with van der Waals surface area (Å²) in [5.74, 6) is -16.7. The van der Waals surface area contributed by atoms with E-state index in [1.807, 2.05) is 0 Å². The molecule has 1 saturated carbocycles. The molecular formula is C55H59F5N3O26P3S. The third-order valence-corrected chi connectivity index (χ3v) is 22.0. The molecule has 506 valence electrons. The lowest BCUT2D eigenvalue weighted by Gasteiger charge is -2.42. The summed E-state index contributed by atoms with van der Waals surface area (Å²) in [7, 11) is -10.8. The number of carbonyl (C=O) groups excluding carboxylic acids is 5. The number of carbonyl (C=O) groups is 12. The van der Waals surface area contributed by atoms with Gasteiger partial charge >= 0.3 is 61.5 Å². The Morgan fingerprint density at radius 3 is 1.70 bits per heavy atom. The number of hydrogen-bond acceptors (Lipinski definition) is 16. The molecule has 0 aromatic heterocycles. The van der Waals surface area contributed by atoms with E-state index in [2.05, 4.69) is 0 Å². The number of ketones is 4. The fourth-order valence-electron chi connectivity index (χ4n) is 10.8. The Bertz CT molecular complexity index is 3680. The summed E-state index contributed by atoms with van der Waals surface area (Å²) in [5, 5.41) is 60.8. The zero-order valence-electron chi connectivity index (χ0n) is 48.1. The van der Waals surface area contributed by atoms with Crippen LogP contribution >= 0.6 is 34.4 Å². The van der Waals surface area contributed by atoms with Crippen LogP contribution in [0.4, 0.5) is 22.0 Å². The number of carboxylic acids is 7. The van der Waals surface area contributed by atoms with E-state index in [0.29, 0.717) is 62.8 Å². The third-order valence-electron chi connectivity index (χ3n) is 15.1.